The van der Waals surface area contributed by atoms with Gasteiger partial charge in [-0.2, -0.15) is 0 Å². The number of fused-ring (bicyclic) bond motifs is 1. The number of benzene rings is 1. The van der Waals surface area contributed by atoms with E-state index in [2.05, 4.69) is 0 Å². The number of imide groups is 1. The number of rotatable bonds is 3. The molecule has 1 aliphatic heterocycles. The molecule has 100 valence electrons. The van der Waals surface area contributed by atoms with Crippen molar-refractivity contribution in [1.82, 2.24) is 4.90 Å². The Bertz CT molecular complexity index is 721. The summed E-state index contributed by atoms with van der Waals surface area (Å²) in [6, 6.07) is 7.68. The van der Waals surface area contributed by atoms with Crippen LogP contribution >= 0.6 is 11.3 Å². The molecule has 0 saturated carbocycles. The van der Waals surface area contributed by atoms with Gasteiger partial charge in [0.25, 0.3) is 11.8 Å². The number of amides is 2. The second-order valence-electron chi connectivity index (χ2n) is 4.34. The maximum atomic E-state index is 12.2. The van der Waals surface area contributed by atoms with Gasteiger partial charge in [0, 0.05) is 4.88 Å². The molecule has 0 aliphatic carbocycles. The molecule has 2 aromatic rings. The lowest BCUT2D eigenvalue weighted by Gasteiger charge is -2.11. The minimum atomic E-state index is -1.12. The molecule has 3 rings (SSSR count). The molecule has 0 spiro atoms. The van der Waals surface area contributed by atoms with Gasteiger partial charge < -0.3 is 5.11 Å². The number of thiophene rings is 1. The number of aromatic carboxylic acids is 1. The lowest BCUT2D eigenvalue weighted by molar-refractivity contribution is 0.0642. The predicted molar refractivity (Wildman–Crippen MR) is 71.9 cm³/mol. The van der Waals surface area contributed by atoms with Crippen LogP contribution in [0.3, 0.4) is 0 Å². The zero-order valence-electron chi connectivity index (χ0n) is 10.2. The van der Waals surface area contributed by atoms with Crippen molar-refractivity contribution in [2.24, 2.45) is 0 Å². The fourth-order valence-electron chi connectivity index (χ4n) is 2.13. The van der Waals surface area contributed by atoms with Crippen molar-refractivity contribution in [3.63, 3.8) is 0 Å². The van der Waals surface area contributed by atoms with Gasteiger partial charge in [0.15, 0.2) is 0 Å². The maximum Gasteiger partial charge on any atom is 0.335 e. The van der Waals surface area contributed by atoms with Crippen LogP contribution in [0.25, 0.3) is 0 Å². The van der Waals surface area contributed by atoms with E-state index in [-0.39, 0.29) is 29.1 Å². The van der Waals surface area contributed by atoms with E-state index < -0.39 is 11.9 Å². The molecule has 0 fully saturated rings. The Morgan fingerprint density at radius 2 is 1.90 bits per heavy atom. The van der Waals surface area contributed by atoms with E-state index in [4.69, 9.17) is 5.11 Å². The van der Waals surface area contributed by atoms with Crippen molar-refractivity contribution >= 4 is 29.1 Å². The van der Waals surface area contributed by atoms with Crippen molar-refractivity contribution in [3.05, 3.63) is 57.3 Å². The fourth-order valence-corrected chi connectivity index (χ4v) is 2.82. The fraction of sp³-hybridized carbons (Fsp3) is 0.0714. The number of carboxylic acid groups (broad SMARTS) is 1. The minimum absolute atomic E-state index is 0.00266. The van der Waals surface area contributed by atoms with Crippen LogP contribution in [0.1, 0.15) is 36.0 Å². The molecule has 0 radical (unpaired) electrons. The maximum absolute atomic E-state index is 12.2. The lowest BCUT2D eigenvalue weighted by atomic mass is 10.1. The molecule has 5 nitrogen and oxygen atoms in total. The Balaban J connectivity index is 1.97. The highest BCUT2D eigenvalue weighted by Crippen LogP contribution is 2.26. The topological polar surface area (TPSA) is 74.7 Å². The number of carbonyl (C=O) groups is 3. The van der Waals surface area contributed by atoms with Crippen LogP contribution in [0, 0.1) is 0 Å². The summed E-state index contributed by atoms with van der Waals surface area (Å²) >= 11 is 1.46. The summed E-state index contributed by atoms with van der Waals surface area (Å²) in [6.45, 7) is 0.215. The quantitative estimate of drug-likeness (QED) is 0.878. The van der Waals surface area contributed by atoms with Gasteiger partial charge in [0.05, 0.1) is 23.2 Å². The molecular weight excluding hydrogens is 278 g/mol. The SMILES string of the molecule is O=C(O)c1ccc2c(c1)C(=O)N(Cc1cccs1)C2=O. The van der Waals surface area contributed by atoms with Crippen LogP contribution < -0.4 is 0 Å². The molecule has 1 aliphatic rings. The zero-order chi connectivity index (χ0) is 14.3. The molecule has 0 saturated heterocycles. The summed E-state index contributed by atoms with van der Waals surface area (Å²) in [4.78, 5) is 37.4. The van der Waals surface area contributed by atoms with Gasteiger partial charge >= 0.3 is 5.97 Å². The zero-order valence-corrected chi connectivity index (χ0v) is 11.0. The number of nitrogens with zero attached hydrogens (tertiary/aromatic N) is 1. The number of carbonyl (C=O) groups excluding carboxylic acids is 2. The summed E-state index contributed by atoms with van der Waals surface area (Å²) < 4.78 is 0. The van der Waals surface area contributed by atoms with Crippen LogP contribution in [0.4, 0.5) is 0 Å². The number of carboxylic acids is 1. The average molecular weight is 287 g/mol. The summed E-state index contributed by atoms with van der Waals surface area (Å²) in [5.74, 6) is -1.94. The highest BCUT2D eigenvalue weighted by atomic mass is 32.1. The first-order valence-electron chi connectivity index (χ1n) is 5.84. The third kappa shape index (κ3) is 1.90. The molecule has 0 unspecified atom stereocenters. The van der Waals surface area contributed by atoms with Gasteiger partial charge in [-0.3, -0.25) is 14.5 Å². The first-order chi connectivity index (χ1) is 9.58. The van der Waals surface area contributed by atoms with E-state index in [0.717, 1.165) is 9.78 Å². The highest BCUT2D eigenvalue weighted by Gasteiger charge is 2.36. The Morgan fingerprint density at radius 3 is 2.55 bits per heavy atom. The second-order valence-corrected chi connectivity index (χ2v) is 5.37. The summed E-state index contributed by atoms with van der Waals surface area (Å²) in [7, 11) is 0. The molecule has 1 N–H and O–H groups in total. The monoisotopic (exact) mass is 287 g/mol. The third-order valence-corrected chi connectivity index (χ3v) is 3.97. The molecule has 1 aromatic heterocycles. The molecule has 2 amide bonds. The van der Waals surface area contributed by atoms with Gasteiger partial charge in [0.1, 0.15) is 0 Å². The van der Waals surface area contributed by atoms with Gasteiger partial charge in [-0.15, -0.1) is 11.3 Å². The van der Waals surface area contributed by atoms with Crippen molar-refractivity contribution in [2.45, 2.75) is 6.54 Å². The van der Waals surface area contributed by atoms with Gasteiger partial charge in [-0.25, -0.2) is 4.79 Å². The third-order valence-electron chi connectivity index (χ3n) is 3.11. The molecule has 20 heavy (non-hydrogen) atoms. The molecule has 6 heteroatoms. The average Bonchev–Trinajstić information content (AvgIpc) is 3.02. The van der Waals surface area contributed by atoms with E-state index in [1.807, 2.05) is 17.5 Å². The van der Waals surface area contributed by atoms with Crippen LogP contribution in [0.5, 0.6) is 0 Å². The second kappa shape index (κ2) is 4.57. The molecule has 0 bridgehead atoms. The van der Waals surface area contributed by atoms with Crippen LogP contribution in [-0.4, -0.2) is 27.8 Å². The normalized spacial score (nSPS) is 13.7. The van der Waals surface area contributed by atoms with E-state index in [9.17, 15) is 14.4 Å². The largest absolute Gasteiger partial charge is 0.478 e. The molecule has 1 aromatic carbocycles. The van der Waals surface area contributed by atoms with Crippen LogP contribution in [0.2, 0.25) is 0 Å². The van der Waals surface area contributed by atoms with Crippen molar-refractivity contribution in [1.29, 1.82) is 0 Å². The Hall–Kier alpha value is -2.47. The van der Waals surface area contributed by atoms with Gasteiger partial charge in [0.2, 0.25) is 0 Å². The standard InChI is InChI=1S/C14H9NO4S/c16-12-10-4-3-8(14(18)19)6-11(10)13(17)15(12)7-9-2-1-5-20-9/h1-6H,7H2,(H,18,19). The van der Waals surface area contributed by atoms with Crippen LogP contribution in [0.15, 0.2) is 35.7 Å². The predicted octanol–water partition coefficient (Wildman–Crippen LogP) is 2.24. The van der Waals surface area contributed by atoms with Crippen molar-refractivity contribution < 1.29 is 19.5 Å². The summed E-state index contributed by atoms with van der Waals surface area (Å²) in [5.41, 5.74) is 0.422. The molecule has 0 atom stereocenters. The highest BCUT2D eigenvalue weighted by molar-refractivity contribution is 7.09. The summed E-state index contributed by atoms with van der Waals surface area (Å²) in [5, 5.41) is 10.8. The Labute approximate surface area is 118 Å². The molecular formula is C14H9NO4S. The van der Waals surface area contributed by atoms with E-state index in [0.29, 0.717) is 0 Å². The van der Waals surface area contributed by atoms with Crippen LogP contribution in [-0.2, 0) is 6.54 Å². The smallest absolute Gasteiger partial charge is 0.335 e. The molecule has 2 heterocycles. The minimum Gasteiger partial charge on any atom is -0.478 e. The number of hydrogen-bond acceptors (Lipinski definition) is 4. The van der Waals surface area contributed by atoms with Gasteiger partial charge in [-0.1, -0.05) is 6.07 Å². The Kier molecular flexibility index (Phi) is 2.87. The lowest BCUT2D eigenvalue weighted by Crippen LogP contribution is -2.28. The van der Waals surface area contributed by atoms with Crippen molar-refractivity contribution in [2.75, 3.05) is 0 Å². The Morgan fingerprint density at radius 1 is 1.15 bits per heavy atom. The first-order valence-corrected chi connectivity index (χ1v) is 6.72. The van der Waals surface area contributed by atoms with E-state index in [1.54, 1.807) is 0 Å². The van der Waals surface area contributed by atoms with E-state index in [1.165, 1.54) is 29.5 Å². The van der Waals surface area contributed by atoms with Gasteiger partial charge in [-0.05, 0) is 29.6 Å². The van der Waals surface area contributed by atoms with E-state index >= 15 is 0 Å². The van der Waals surface area contributed by atoms with Crippen molar-refractivity contribution in [3.8, 4) is 0 Å². The summed E-state index contributed by atoms with van der Waals surface area (Å²) in [6.07, 6.45) is 0. The first kappa shape index (κ1) is 12.6. The number of hydrogen-bond donors (Lipinski definition) is 1.